The average molecular weight is 273 g/mol. The molecule has 1 rings (SSSR count). The molecule has 0 saturated carbocycles. The van der Waals surface area contributed by atoms with Crippen LogP contribution in [0.3, 0.4) is 0 Å². The maximum atomic E-state index is 11.5. The molecule has 1 aromatic rings. The van der Waals surface area contributed by atoms with Gasteiger partial charge >= 0.3 is 0 Å². The zero-order valence-electron chi connectivity index (χ0n) is 9.83. The molecule has 1 amide bonds. The van der Waals surface area contributed by atoms with Crippen molar-refractivity contribution >= 4 is 29.3 Å². The summed E-state index contributed by atoms with van der Waals surface area (Å²) in [6.07, 6.45) is 0. The number of nitrogens with one attached hydrogen (secondary N) is 2. The molecule has 1 aromatic carbocycles. The first-order valence-corrected chi connectivity index (χ1v) is 6.95. The van der Waals surface area contributed by atoms with Gasteiger partial charge in [0.25, 0.3) is 0 Å². The molecular formula is C12H17ClN2OS. The summed E-state index contributed by atoms with van der Waals surface area (Å²) >= 11 is 7.45. The summed E-state index contributed by atoms with van der Waals surface area (Å²) in [5.74, 6) is 0.434. The Balaban J connectivity index is 2.22. The molecule has 0 saturated heterocycles. The van der Waals surface area contributed by atoms with Gasteiger partial charge in [-0.1, -0.05) is 30.7 Å². The number of halogens is 1. The molecule has 0 bridgehead atoms. The van der Waals surface area contributed by atoms with Crippen LogP contribution in [0.25, 0.3) is 0 Å². The fourth-order valence-electron chi connectivity index (χ4n) is 1.22. The lowest BCUT2D eigenvalue weighted by atomic mass is 10.4. The Labute approximate surface area is 111 Å². The molecule has 0 aliphatic carbocycles. The van der Waals surface area contributed by atoms with Gasteiger partial charge in [0.15, 0.2) is 0 Å². The molecule has 0 atom stereocenters. The van der Waals surface area contributed by atoms with Crippen LogP contribution in [0.1, 0.15) is 6.92 Å². The van der Waals surface area contributed by atoms with Gasteiger partial charge in [-0.15, -0.1) is 11.8 Å². The van der Waals surface area contributed by atoms with Crippen molar-refractivity contribution in [1.82, 2.24) is 10.6 Å². The molecule has 0 radical (unpaired) electrons. The SMILES string of the molecule is CCNCCNC(=O)CSc1ccccc1Cl. The van der Waals surface area contributed by atoms with Gasteiger partial charge in [-0.25, -0.2) is 0 Å². The van der Waals surface area contributed by atoms with Crippen LogP contribution in [0.2, 0.25) is 5.02 Å². The number of hydrogen-bond donors (Lipinski definition) is 2. The highest BCUT2D eigenvalue weighted by molar-refractivity contribution is 8.00. The number of thioether (sulfide) groups is 1. The summed E-state index contributed by atoms with van der Waals surface area (Å²) in [6, 6.07) is 7.53. The van der Waals surface area contributed by atoms with Crippen molar-refractivity contribution in [2.75, 3.05) is 25.4 Å². The van der Waals surface area contributed by atoms with Crippen LogP contribution in [-0.4, -0.2) is 31.3 Å². The number of amides is 1. The first-order valence-electron chi connectivity index (χ1n) is 5.58. The molecular weight excluding hydrogens is 256 g/mol. The number of rotatable bonds is 7. The minimum absolute atomic E-state index is 0.0350. The van der Waals surface area contributed by atoms with Gasteiger partial charge in [0.1, 0.15) is 0 Å². The normalized spacial score (nSPS) is 10.2. The lowest BCUT2D eigenvalue weighted by Crippen LogP contribution is -2.32. The zero-order valence-corrected chi connectivity index (χ0v) is 11.4. The molecule has 0 aliphatic heterocycles. The van der Waals surface area contributed by atoms with E-state index in [2.05, 4.69) is 10.6 Å². The van der Waals surface area contributed by atoms with Crippen molar-refractivity contribution in [3.63, 3.8) is 0 Å². The number of benzene rings is 1. The van der Waals surface area contributed by atoms with Crippen LogP contribution in [-0.2, 0) is 4.79 Å². The lowest BCUT2D eigenvalue weighted by Gasteiger charge is -2.06. The van der Waals surface area contributed by atoms with Gasteiger partial charge in [0.2, 0.25) is 5.91 Å². The second-order valence-corrected chi connectivity index (χ2v) is 4.85. The fraction of sp³-hybridized carbons (Fsp3) is 0.417. The standard InChI is InChI=1S/C12H17ClN2OS/c1-2-14-7-8-15-12(16)9-17-11-6-4-3-5-10(11)13/h3-6,14H,2,7-9H2,1H3,(H,15,16). The maximum Gasteiger partial charge on any atom is 0.230 e. The van der Waals surface area contributed by atoms with Crippen molar-refractivity contribution in [2.24, 2.45) is 0 Å². The molecule has 0 unspecified atom stereocenters. The van der Waals surface area contributed by atoms with Crippen LogP contribution in [0, 0.1) is 0 Å². The van der Waals surface area contributed by atoms with Crippen LogP contribution >= 0.6 is 23.4 Å². The predicted octanol–water partition coefficient (Wildman–Crippen LogP) is 2.16. The molecule has 0 aliphatic rings. The molecule has 17 heavy (non-hydrogen) atoms. The summed E-state index contributed by atoms with van der Waals surface area (Å²) in [6.45, 7) is 4.42. The van der Waals surface area contributed by atoms with Crippen LogP contribution in [0.4, 0.5) is 0 Å². The summed E-state index contributed by atoms with van der Waals surface area (Å²) in [7, 11) is 0. The minimum atomic E-state index is 0.0350. The van der Waals surface area contributed by atoms with Crippen molar-refractivity contribution in [3.05, 3.63) is 29.3 Å². The summed E-state index contributed by atoms with van der Waals surface area (Å²) in [5, 5.41) is 6.68. The van der Waals surface area contributed by atoms with E-state index in [-0.39, 0.29) is 5.91 Å². The zero-order chi connectivity index (χ0) is 12.5. The van der Waals surface area contributed by atoms with Crippen molar-refractivity contribution < 1.29 is 4.79 Å². The highest BCUT2D eigenvalue weighted by Crippen LogP contribution is 2.25. The Kier molecular flexibility index (Phi) is 7.08. The van der Waals surface area contributed by atoms with Gasteiger partial charge in [0.05, 0.1) is 10.8 Å². The van der Waals surface area contributed by atoms with E-state index in [1.54, 1.807) is 0 Å². The Hall–Kier alpha value is -0.710. The van der Waals surface area contributed by atoms with Gasteiger partial charge in [0, 0.05) is 18.0 Å². The maximum absolute atomic E-state index is 11.5. The Morgan fingerprint density at radius 2 is 2.12 bits per heavy atom. The molecule has 0 spiro atoms. The summed E-state index contributed by atoms with van der Waals surface area (Å²) < 4.78 is 0. The molecule has 0 fully saturated rings. The van der Waals surface area contributed by atoms with E-state index in [0.717, 1.165) is 18.0 Å². The predicted molar refractivity (Wildman–Crippen MR) is 73.7 cm³/mol. The van der Waals surface area contributed by atoms with Gasteiger partial charge in [-0.3, -0.25) is 4.79 Å². The minimum Gasteiger partial charge on any atom is -0.354 e. The quantitative estimate of drug-likeness (QED) is 0.590. The average Bonchev–Trinajstić information content (AvgIpc) is 2.34. The van der Waals surface area contributed by atoms with Gasteiger partial charge in [-0.05, 0) is 18.7 Å². The second kappa shape index (κ2) is 8.39. The van der Waals surface area contributed by atoms with E-state index >= 15 is 0 Å². The van der Waals surface area contributed by atoms with Crippen molar-refractivity contribution in [1.29, 1.82) is 0 Å². The summed E-state index contributed by atoms with van der Waals surface area (Å²) in [5.41, 5.74) is 0. The smallest absolute Gasteiger partial charge is 0.230 e. The van der Waals surface area contributed by atoms with Crippen molar-refractivity contribution in [3.8, 4) is 0 Å². The van der Waals surface area contributed by atoms with Crippen LogP contribution < -0.4 is 10.6 Å². The Morgan fingerprint density at radius 1 is 1.35 bits per heavy atom. The third kappa shape index (κ3) is 5.96. The van der Waals surface area contributed by atoms with Crippen LogP contribution in [0.15, 0.2) is 29.2 Å². The number of likely N-dealkylation sites (N-methyl/N-ethyl adjacent to an activating group) is 1. The molecule has 2 N–H and O–H groups in total. The first-order chi connectivity index (χ1) is 8.24. The molecule has 3 nitrogen and oxygen atoms in total. The lowest BCUT2D eigenvalue weighted by molar-refractivity contribution is -0.118. The number of hydrogen-bond acceptors (Lipinski definition) is 3. The van der Waals surface area contributed by atoms with E-state index in [0.29, 0.717) is 17.3 Å². The van der Waals surface area contributed by atoms with E-state index in [1.807, 2.05) is 31.2 Å². The third-order valence-corrected chi connectivity index (χ3v) is 3.58. The van der Waals surface area contributed by atoms with Crippen molar-refractivity contribution in [2.45, 2.75) is 11.8 Å². The third-order valence-electron chi connectivity index (χ3n) is 2.07. The number of carbonyl (C=O) groups is 1. The largest absolute Gasteiger partial charge is 0.354 e. The van der Waals surface area contributed by atoms with Gasteiger partial charge in [-0.2, -0.15) is 0 Å². The van der Waals surface area contributed by atoms with E-state index in [1.165, 1.54) is 11.8 Å². The van der Waals surface area contributed by atoms with E-state index in [9.17, 15) is 4.79 Å². The first kappa shape index (κ1) is 14.4. The second-order valence-electron chi connectivity index (χ2n) is 3.42. The van der Waals surface area contributed by atoms with Gasteiger partial charge < -0.3 is 10.6 Å². The van der Waals surface area contributed by atoms with Crippen LogP contribution in [0.5, 0.6) is 0 Å². The number of carbonyl (C=O) groups excluding carboxylic acids is 1. The Bertz CT molecular complexity index is 360. The molecule has 0 heterocycles. The molecule has 0 aromatic heterocycles. The highest BCUT2D eigenvalue weighted by atomic mass is 35.5. The Morgan fingerprint density at radius 3 is 2.82 bits per heavy atom. The molecule has 94 valence electrons. The van der Waals surface area contributed by atoms with E-state index in [4.69, 9.17) is 11.6 Å². The summed E-state index contributed by atoms with van der Waals surface area (Å²) in [4.78, 5) is 12.4. The fourth-order valence-corrected chi connectivity index (χ4v) is 2.29. The van der Waals surface area contributed by atoms with E-state index < -0.39 is 0 Å². The molecule has 5 heteroatoms. The monoisotopic (exact) mass is 272 g/mol. The highest BCUT2D eigenvalue weighted by Gasteiger charge is 2.04. The topological polar surface area (TPSA) is 41.1 Å².